The Labute approximate surface area is 282 Å². The van der Waals surface area contributed by atoms with E-state index in [9.17, 15) is 44.4 Å². The van der Waals surface area contributed by atoms with Gasteiger partial charge >= 0.3 is 6.03 Å². The first-order chi connectivity index (χ1) is 23.0. The number of para-hydroxylation sites is 1. The fraction of sp³-hybridized carbons (Fsp3) is 0.625. The quantitative estimate of drug-likeness (QED) is 0.0458. The van der Waals surface area contributed by atoms with E-state index in [2.05, 4.69) is 21.3 Å². The number of carbonyl (C=O) groups excluding carboxylic acids is 6. The molecule has 7 amide bonds. The van der Waals surface area contributed by atoms with Crippen molar-refractivity contribution in [3.05, 3.63) is 30.3 Å². The lowest BCUT2D eigenvalue weighted by Gasteiger charge is -2.15. The van der Waals surface area contributed by atoms with Gasteiger partial charge in [0.2, 0.25) is 29.5 Å². The minimum Gasteiger partial charge on any atom is -0.356 e. The lowest BCUT2D eigenvalue weighted by atomic mass is 10.2. The fourth-order valence-electron chi connectivity index (χ4n) is 4.33. The number of rotatable bonds is 25. The Balaban J connectivity index is 1.99. The first-order valence-corrected chi connectivity index (χ1v) is 16.6. The molecular formula is C32H53N7O9. The van der Waals surface area contributed by atoms with Gasteiger partial charge in [0.15, 0.2) is 0 Å². The molecule has 0 radical (unpaired) electrons. The third-order valence-corrected chi connectivity index (χ3v) is 7.17. The average Bonchev–Trinajstić information content (AvgIpc) is 3.07. The number of anilines is 1. The standard InChI is InChI=1S/C32H53N7O9/c1-26(40)37(46)23-11-3-8-20-33-28(41)16-18-30(43)38(47)24-12-4-9-21-34-29(42)17-19-31(44)39(48)25-13-5-10-22-35-32(45)36-27-14-6-2-7-15-27/h2,6-7,14-15,46-48H,3-5,8-13,16-25H2,1H3,(H,33,41)(H,34,42)(H2,35,36,45). The van der Waals surface area contributed by atoms with E-state index in [0.29, 0.717) is 98.3 Å². The molecular weight excluding hydrogens is 626 g/mol. The molecule has 0 bridgehead atoms. The molecule has 0 unspecified atom stereocenters. The smallest absolute Gasteiger partial charge is 0.319 e. The largest absolute Gasteiger partial charge is 0.356 e. The molecule has 0 aliphatic carbocycles. The van der Waals surface area contributed by atoms with E-state index >= 15 is 0 Å². The summed E-state index contributed by atoms with van der Waals surface area (Å²) in [6, 6.07) is 8.77. The van der Waals surface area contributed by atoms with Crippen molar-refractivity contribution in [3.63, 3.8) is 0 Å². The van der Waals surface area contributed by atoms with Crippen LogP contribution < -0.4 is 21.3 Å². The third kappa shape index (κ3) is 21.5. The number of hydroxylamine groups is 6. The number of nitrogens with one attached hydrogen (secondary N) is 4. The van der Waals surface area contributed by atoms with Crippen LogP contribution in [0.1, 0.15) is 90.4 Å². The van der Waals surface area contributed by atoms with Gasteiger partial charge in [-0.1, -0.05) is 18.2 Å². The summed E-state index contributed by atoms with van der Waals surface area (Å²) in [5.74, 6) is -2.16. The molecule has 0 aliphatic rings. The molecule has 0 fully saturated rings. The van der Waals surface area contributed by atoms with Crippen LogP contribution in [0.4, 0.5) is 10.5 Å². The summed E-state index contributed by atoms with van der Waals surface area (Å²) >= 11 is 0. The van der Waals surface area contributed by atoms with E-state index in [1.54, 1.807) is 12.1 Å². The van der Waals surface area contributed by atoms with Gasteiger partial charge in [-0.25, -0.2) is 20.0 Å². The highest BCUT2D eigenvalue weighted by molar-refractivity contribution is 5.89. The fourth-order valence-corrected chi connectivity index (χ4v) is 4.33. The van der Waals surface area contributed by atoms with Crippen molar-refractivity contribution < 1.29 is 44.4 Å². The van der Waals surface area contributed by atoms with Crippen LogP contribution in [0.2, 0.25) is 0 Å². The highest BCUT2D eigenvalue weighted by atomic mass is 16.5. The van der Waals surface area contributed by atoms with E-state index in [0.717, 1.165) is 0 Å². The number of nitrogens with zero attached hydrogens (tertiary/aromatic N) is 3. The summed E-state index contributed by atoms with van der Waals surface area (Å²) in [5, 5.41) is 41.8. The van der Waals surface area contributed by atoms with Crippen LogP contribution >= 0.6 is 0 Å². The Morgan fingerprint density at radius 2 is 0.958 bits per heavy atom. The maximum Gasteiger partial charge on any atom is 0.319 e. The topological polar surface area (TPSA) is 221 Å². The van der Waals surface area contributed by atoms with Crippen LogP contribution in [0.25, 0.3) is 0 Å². The predicted octanol–water partition coefficient (Wildman–Crippen LogP) is 2.79. The van der Waals surface area contributed by atoms with E-state index < -0.39 is 17.7 Å². The van der Waals surface area contributed by atoms with Crippen molar-refractivity contribution in [2.45, 2.75) is 90.4 Å². The zero-order valence-electron chi connectivity index (χ0n) is 28.0. The lowest BCUT2D eigenvalue weighted by Crippen LogP contribution is -2.31. The Morgan fingerprint density at radius 3 is 1.40 bits per heavy atom. The maximum atomic E-state index is 12.1. The summed E-state index contributed by atoms with van der Waals surface area (Å²) < 4.78 is 0. The minimum absolute atomic E-state index is 0.0535. The van der Waals surface area contributed by atoms with Crippen molar-refractivity contribution in [1.29, 1.82) is 0 Å². The van der Waals surface area contributed by atoms with Crippen LogP contribution in [-0.4, -0.2) is 106 Å². The Morgan fingerprint density at radius 1 is 0.542 bits per heavy atom. The maximum absolute atomic E-state index is 12.1. The van der Waals surface area contributed by atoms with Gasteiger partial charge in [0, 0.05) is 77.6 Å². The molecule has 7 N–H and O–H groups in total. The monoisotopic (exact) mass is 679 g/mol. The molecule has 16 nitrogen and oxygen atoms in total. The summed E-state index contributed by atoms with van der Waals surface area (Å²) in [5.41, 5.74) is 0.695. The van der Waals surface area contributed by atoms with Crippen molar-refractivity contribution in [3.8, 4) is 0 Å². The molecule has 0 spiro atoms. The average molecular weight is 680 g/mol. The molecule has 0 atom stereocenters. The first-order valence-electron chi connectivity index (χ1n) is 16.6. The Kier molecular flexibility index (Phi) is 22.4. The number of hydrogen-bond acceptors (Lipinski definition) is 9. The Hall–Kier alpha value is -4.28. The second kappa shape index (κ2) is 25.8. The van der Waals surface area contributed by atoms with Crippen molar-refractivity contribution in [2.24, 2.45) is 0 Å². The molecule has 48 heavy (non-hydrogen) atoms. The van der Waals surface area contributed by atoms with Gasteiger partial charge in [0.25, 0.3) is 0 Å². The molecule has 0 saturated carbocycles. The van der Waals surface area contributed by atoms with E-state index in [1.807, 2.05) is 18.2 Å². The second-order valence-electron chi connectivity index (χ2n) is 11.3. The first kappa shape index (κ1) is 41.7. The molecule has 16 heteroatoms. The molecule has 0 aliphatic heterocycles. The van der Waals surface area contributed by atoms with E-state index in [-0.39, 0.29) is 63.2 Å². The second-order valence-corrected chi connectivity index (χ2v) is 11.3. The van der Waals surface area contributed by atoms with Gasteiger partial charge in [-0.2, -0.15) is 0 Å². The number of unbranched alkanes of at least 4 members (excludes halogenated alkanes) is 6. The van der Waals surface area contributed by atoms with E-state index in [4.69, 9.17) is 0 Å². The molecule has 270 valence electrons. The number of carbonyl (C=O) groups is 6. The Bertz CT molecular complexity index is 1120. The number of amides is 7. The minimum atomic E-state index is -0.561. The number of benzene rings is 1. The third-order valence-electron chi connectivity index (χ3n) is 7.17. The zero-order chi connectivity index (χ0) is 35.6. The summed E-state index contributed by atoms with van der Waals surface area (Å²) in [7, 11) is 0. The summed E-state index contributed by atoms with van der Waals surface area (Å²) in [6.45, 7) is 2.95. The molecule has 0 heterocycles. The van der Waals surface area contributed by atoms with Crippen molar-refractivity contribution in [1.82, 2.24) is 31.1 Å². The normalized spacial score (nSPS) is 10.5. The van der Waals surface area contributed by atoms with Crippen molar-refractivity contribution in [2.75, 3.05) is 44.6 Å². The lowest BCUT2D eigenvalue weighted by molar-refractivity contribution is -0.166. The summed E-state index contributed by atoms with van der Waals surface area (Å²) in [4.78, 5) is 70.8. The number of hydrogen-bond donors (Lipinski definition) is 7. The van der Waals surface area contributed by atoms with Crippen LogP contribution in [0.15, 0.2) is 30.3 Å². The van der Waals surface area contributed by atoms with Crippen LogP contribution in [0.3, 0.4) is 0 Å². The van der Waals surface area contributed by atoms with Gasteiger partial charge in [-0.05, 0) is 69.9 Å². The van der Waals surface area contributed by atoms with Crippen LogP contribution in [0.5, 0.6) is 0 Å². The number of urea groups is 1. The van der Waals surface area contributed by atoms with Gasteiger partial charge in [0.05, 0.1) is 0 Å². The van der Waals surface area contributed by atoms with Crippen LogP contribution in [0, 0.1) is 0 Å². The van der Waals surface area contributed by atoms with Gasteiger partial charge in [-0.3, -0.25) is 39.6 Å². The summed E-state index contributed by atoms with van der Waals surface area (Å²) in [6.07, 6.45) is 5.23. The molecule has 1 aromatic carbocycles. The highest BCUT2D eigenvalue weighted by Gasteiger charge is 2.14. The molecule has 0 saturated heterocycles. The van der Waals surface area contributed by atoms with Crippen LogP contribution in [-0.2, 0) is 24.0 Å². The molecule has 0 aromatic heterocycles. The molecule has 1 aromatic rings. The van der Waals surface area contributed by atoms with Gasteiger partial charge in [0.1, 0.15) is 0 Å². The van der Waals surface area contributed by atoms with E-state index in [1.165, 1.54) is 6.92 Å². The van der Waals surface area contributed by atoms with Gasteiger partial charge < -0.3 is 21.3 Å². The van der Waals surface area contributed by atoms with Gasteiger partial charge in [-0.15, -0.1) is 0 Å². The predicted molar refractivity (Wildman–Crippen MR) is 176 cm³/mol. The highest BCUT2D eigenvalue weighted by Crippen LogP contribution is 2.05. The SMILES string of the molecule is CC(=O)N(O)CCCCCNC(=O)CCC(=O)N(O)CCCCCNC(=O)CCC(=O)N(O)CCCCCNC(=O)Nc1ccccc1. The van der Waals surface area contributed by atoms with Crippen molar-refractivity contribution >= 4 is 41.3 Å². The zero-order valence-corrected chi connectivity index (χ0v) is 28.0. The molecule has 1 rings (SSSR count).